The highest BCUT2D eigenvalue weighted by Crippen LogP contribution is 2.32. The molecule has 2 N–H and O–H groups in total. The molecule has 1 aliphatic heterocycles. The molecule has 0 aliphatic carbocycles. The molecule has 1 amide bonds. The second kappa shape index (κ2) is 12.6. The molecule has 0 radical (unpaired) electrons. The van der Waals surface area contributed by atoms with Crippen molar-refractivity contribution in [2.45, 2.75) is 31.2 Å². The van der Waals surface area contributed by atoms with Crippen LogP contribution in [0.5, 0.6) is 17.5 Å². The third-order valence-electron chi connectivity index (χ3n) is 6.17. The number of ether oxygens (including phenoxy) is 3. The topological polar surface area (TPSA) is 111 Å². The number of aromatic nitrogens is 3. The Morgan fingerprint density at radius 3 is 2.26 bits per heavy atom. The molecule has 0 atom stereocenters. The molecular formula is C26H26F6N6O4. The number of anilines is 3. The van der Waals surface area contributed by atoms with Gasteiger partial charge < -0.3 is 29.7 Å². The number of halogens is 6. The van der Waals surface area contributed by atoms with E-state index in [1.165, 1.54) is 20.3 Å². The smallest absolute Gasteiger partial charge is 0.422 e. The van der Waals surface area contributed by atoms with Crippen LogP contribution in [0.2, 0.25) is 0 Å². The molecule has 226 valence electrons. The summed E-state index contributed by atoms with van der Waals surface area (Å²) in [5.74, 6) is 0.194. The number of carbonyl (C=O) groups excluding carboxylic acids is 1. The number of piperidine rings is 1. The predicted molar refractivity (Wildman–Crippen MR) is 138 cm³/mol. The summed E-state index contributed by atoms with van der Waals surface area (Å²) < 4.78 is 92.7. The van der Waals surface area contributed by atoms with Crippen molar-refractivity contribution < 1.29 is 45.3 Å². The highest BCUT2D eigenvalue weighted by atomic mass is 19.4. The lowest BCUT2D eigenvalue weighted by Crippen LogP contribution is -2.42. The highest BCUT2D eigenvalue weighted by Gasteiger charge is 2.31. The molecule has 2 heterocycles. The number of nitrogens with zero attached hydrogens (tertiary/aromatic N) is 4. The van der Waals surface area contributed by atoms with Crippen LogP contribution in [0.25, 0.3) is 0 Å². The van der Waals surface area contributed by atoms with Crippen molar-refractivity contribution in [1.29, 1.82) is 0 Å². The number of carbonyl (C=O) groups is 1. The fourth-order valence-electron chi connectivity index (χ4n) is 4.15. The molecule has 0 spiro atoms. The van der Waals surface area contributed by atoms with E-state index in [-0.39, 0.29) is 29.5 Å². The van der Waals surface area contributed by atoms with E-state index in [1.807, 2.05) is 0 Å². The van der Waals surface area contributed by atoms with Gasteiger partial charge in [0.05, 0.1) is 19.8 Å². The van der Waals surface area contributed by atoms with Crippen LogP contribution in [0.1, 0.15) is 28.8 Å². The number of rotatable bonds is 9. The molecule has 16 heteroatoms. The van der Waals surface area contributed by atoms with Crippen LogP contribution in [0.4, 0.5) is 43.9 Å². The molecule has 0 saturated carbocycles. The molecule has 0 bridgehead atoms. The Morgan fingerprint density at radius 2 is 1.62 bits per heavy atom. The second-order valence-electron chi connectivity index (χ2n) is 9.15. The third kappa shape index (κ3) is 8.04. The summed E-state index contributed by atoms with van der Waals surface area (Å²) in [7, 11) is 2.95. The molecule has 42 heavy (non-hydrogen) atoms. The molecular weight excluding hydrogens is 574 g/mol. The predicted octanol–water partition coefficient (Wildman–Crippen LogP) is 5.31. The molecule has 3 aromatic rings. The van der Waals surface area contributed by atoms with E-state index in [2.05, 4.69) is 30.3 Å². The number of hydrogen-bond acceptors (Lipinski definition) is 9. The Hall–Kier alpha value is -4.50. The van der Waals surface area contributed by atoms with Gasteiger partial charge in [-0.3, -0.25) is 4.79 Å². The Bertz CT molecular complexity index is 1400. The summed E-state index contributed by atoms with van der Waals surface area (Å²) in [4.78, 5) is 26.4. The van der Waals surface area contributed by atoms with Gasteiger partial charge in [0.25, 0.3) is 5.91 Å². The Labute approximate surface area is 236 Å². The van der Waals surface area contributed by atoms with Gasteiger partial charge in [0.1, 0.15) is 0 Å². The summed E-state index contributed by atoms with van der Waals surface area (Å²) >= 11 is 0. The Kier molecular flexibility index (Phi) is 9.11. The SMILES string of the molecule is COc1ccc(C(=O)N2CCC(Nc3nc(Nc4cccc(C(F)(F)F)c4)nc(OCC(F)(F)F)n3)CC2)cc1OC. The zero-order valence-electron chi connectivity index (χ0n) is 22.3. The molecule has 1 aromatic heterocycles. The maximum Gasteiger partial charge on any atom is 0.422 e. The second-order valence-corrected chi connectivity index (χ2v) is 9.15. The van der Waals surface area contributed by atoms with Crippen LogP contribution >= 0.6 is 0 Å². The van der Waals surface area contributed by atoms with Crippen LogP contribution < -0.4 is 24.8 Å². The standard InChI is InChI=1S/C26H26F6N6O4/c1-40-19-7-6-15(12-20(19)41-2)21(39)38-10-8-17(9-11-38)33-22-35-23(37-24(36-22)42-14-25(27,28)29)34-18-5-3-4-16(13-18)26(30,31)32/h3-7,12-13,17H,8-11,14H2,1-2H3,(H2,33,34,35,36,37). The maximum atomic E-state index is 13.1. The van der Waals surface area contributed by atoms with Gasteiger partial charge in [-0.15, -0.1) is 0 Å². The van der Waals surface area contributed by atoms with Gasteiger partial charge in [-0.25, -0.2) is 0 Å². The van der Waals surface area contributed by atoms with Crippen molar-refractivity contribution in [2.24, 2.45) is 0 Å². The van der Waals surface area contributed by atoms with Gasteiger partial charge in [-0.2, -0.15) is 41.3 Å². The van der Waals surface area contributed by atoms with E-state index in [0.717, 1.165) is 18.2 Å². The van der Waals surface area contributed by atoms with E-state index in [9.17, 15) is 31.1 Å². The quantitative estimate of drug-likeness (QED) is 0.316. The lowest BCUT2D eigenvalue weighted by atomic mass is 10.0. The van der Waals surface area contributed by atoms with E-state index >= 15 is 0 Å². The highest BCUT2D eigenvalue weighted by molar-refractivity contribution is 5.95. The summed E-state index contributed by atoms with van der Waals surface area (Å²) in [6.45, 7) is -0.985. The van der Waals surface area contributed by atoms with Crippen molar-refractivity contribution in [2.75, 3.05) is 44.5 Å². The Morgan fingerprint density at radius 1 is 0.929 bits per heavy atom. The van der Waals surface area contributed by atoms with Crippen LogP contribution in [0, 0.1) is 0 Å². The first-order valence-corrected chi connectivity index (χ1v) is 12.5. The van der Waals surface area contributed by atoms with Gasteiger partial charge >= 0.3 is 18.4 Å². The third-order valence-corrected chi connectivity index (χ3v) is 6.17. The number of amides is 1. The molecule has 1 saturated heterocycles. The van der Waals surface area contributed by atoms with Crippen molar-refractivity contribution in [3.63, 3.8) is 0 Å². The fourth-order valence-corrected chi connectivity index (χ4v) is 4.15. The minimum atomic E-state index is -4.68. The van der Waals surface area contributed by atoms with E-state index in [4.69, 9.17) is 9.47 Å². The zero-order chi connectivity index (χ0) is 30.5. The van der Waals surface area contributed by atoms with Gasteiger partial charge in [0.15, 0.2) is 18.1 Å². The number of methoxy groups -OCH3 is 2. The summed E-state index contributed by atoms with van der Waals surface area (Å²) in [5, 5.41) is 5.55. The average Bonchev–Trinajstić information content (AvgIpc) is 2.95. The van der Waals surface area contributed by atoms with Gasteiger partial charge in [-0.05, 0) is 49.2 Å². The normalized spacial score (nSPS) is 14.3. The lowest BCUT2D eigenvalue weighted by Gasteiger charge is -2.32. The van der Waals surface area contributed by atoms with Crippen LogP contribution in [0.3, 0.4) is 0 Å². The van der Waals surface area contributed by atoms with Gasteiger partial charge in [0, 0.05) is 30.4 Å². The number of likely N-dealkylation sites (tertiary alicyclic amines) is 1. The molecule has 2 aromatic carbocycles. The first-order chi connectivity index (χ1) is 19.8. The minimum absolute atomic E-state index is 0.0503. The van der Waals surface area contributed by atoms with E-state index in [1.54, 1.807) is 23.1 Å². The van der Waals surface area contributed by atoms with Crippen LogP contribution in [-0.4, -0.2) is 71.9 Å². The Balaban J connectivity index is 1.46. The summed E-state index contributed by atoms with van der Waals surface area (Å²) in [6, 6.07) is 8.02. The van der Waals surface area contributed by atoms with Gasteiger partial charge in [-0.1, -0.05) is 6.07 Å². The molecule has 1 fully saturated rings. The van der Waals surface area contributed by atoms with E-state index < -0.39 is 30.5 Å². The minimum Gasteiger partial charge on any atom is -0.493 e. The average molecular weight is 601 g/mol. The van der Waals surface area contributed by atoms with Gasteiger partial charge in [0.2, 0.25) is 11.9 Å². The van der Waals surface area contributed by atoms with Crippen LogP contribution in [0.15, 0.2) is 42.5 Å². The fraction of sp³-hybridized carbons (Fsp3) is 0.385. The van der Waals surface area contributed by atoms with Crippen molar-refractivity contribution in [3.05, 3.63) is 53.6 Å². The number of alkyl halides is 6. The maximum absolute atomic E-state index is 13.1. The monoisotopic (exact) mass is 600 g/mol. The van der Waals surface area contributed by atoms with Crippen molar-refractivity contribution >= 4 is 23.5 Å². The first kappa shape index (κ1) is 30.5. The molecule has 1 aliphatic rings. The zero-order valence-corrected chi connectivity index (χ0v) is 22.3. The number of benzene rings is 2. The first-order valence-electron chi connectivity index (χ1n) is 12.5. The summed E-state index contributed by atoms with van der Waals surface area (Å²) in [5.41, 5.74) is -0.582. The molecule has 4 rings (SSSR count). The molecule has 0 unspecified atom stereocenters. The largest absolute Gasteiger partial charge is 0.493 e. The number of nitrogens with one attached hydrogen (secondary N) is 2. The number of hydrogen-bond donors (Lipinski definition) is 2. The molecule has 10 nitrogen and oxygen atoms in total. The summed E-state index contributed by atoms with van der Waals surface area (Å²) in [6.07, 6.45) is -8.40. The lowest BCUT2D eigenvalue weighted by molar-refractivity contribution is -0.154. The van der Waals surface area contributed by atoms with Crippen molar-refractivity contribution in [3.8, 4) is 17.5 Å². The van der Waals surface area contributed by atoms with E-state index in [0.29, 0.717) is 43.0 Å². The van der Waals surface area contributed by atoms with Crippen molar-refractivity contribution in [1.82, 2.24) is 19.9 Å². The van der Waals surface area contributed by atoms with Crippen LogP contribution in [-0.2, 0) is 6.18 Å².